The molecule has 0 saturated carbocycles. The summed E-state index contributed by atoms with van der Waals surface area (Å²) in [6.07, 6.45) is 0. The monoisotopic (exact) mass is 413 g/mol. The van der Waals surface area contributed by atoms with E-state index in [0.717, 1.165) is 21.7 Å². The second kappa shape index (κ2) is 5.64. The lowest BCUT2D eigenvalue weighted by Crippen LogP contribution is -1.92. The first kappa shape index (κ1) is 14.2. The van der Waals surface area contributed by atoms with Gasteiger partial charge >= 0.3 is 0 Å². The second-order valence-electron chi connectivity index (χ2n) is 5.39. The third kappa shape index (κ3) is 2.15. The number of pyridine rings is 1. The molecule has 3 aromatic carbocycles. The Hall–Kier alpha value is -1.45. The van der Waals surface area contributed by atoms with E-state index in [0.29, 0.717) is 0 Å². The number of hydrogen-bond acceptors (Lipinski definition) is 1. The van der Waals surface area contributed by atoms with Crippen molar-refractivity contribution in [3.8, 4) is 0 Å². The highest BCUT2D eigenvalue weighted by Crippen LogP contribution is 2.32. The predicted molar refractivity (Wildman–Crippen MR) is 102 cm³/mol. The molecule has 0 atom stereocenters. The summed E-state index contributed by atoms with van der Waals surface area (Å²) in [5.74, 6) is 0. The second-order valence-corrected chi connectivity index (χ2v) is 6.51. The van der Waals surface area contributed by atoms with Crippen LogP contribution in [0.5, 0.6) is 0 Å². The van der Waals surface area contributed by atoms with Crippen LogP contribution in [0.2, 0.25) is 0 Å². The van der Waals surface area contributed by atoms with Gasteiger partial charge in [0, 0.05) is 26.8 Å². The standard InChI is InChI=1S/C19H13Br2N/c20-10-12-5-7-15-17(11-21)16-8-6-13-3-1-2-4-14(13)19(16)22-18(15)9-12/h1-9H,10-11H2. The molecular weight excluding hydrogens is 402 g/mol. The fourth-order valence-corrected chi connectivity index (χ4v) is 3.99. The Kier molecular flexibility index (Phi) is 3.63. The van der Waals surface area contributed by atoms with Crippen molar-refractivity contribution >= 4 is 64.4 Å². The summed E-state index contributed by atoms with van der Waals surface area (Å²) in [6.45, 7) is 0. The molecular formula is C19H13Br2N. The molecule has 0 aliphatic rings. The normalized spacial score (nSPS) is 11.5. The van der Waals surface area contributed by atoms with E-state index in [1.165, 1.54) is 32.7 Å². The highest BCUT2D eigenvalue weighted by atomic mass is 79.9. The third-order valence-electron chi connectivity index (χ3n) is 4.13. The SMILES string of the molecule is BrCc1ccc2c(CBr)c3ccc4ccccc4c3nc2c1. The van der Waals surface area contributed by atoms with Gasteiger partial charge in [-0.3, -0.25) is 0 Å². The van der Waals surface area contributed by atoms with Gasteiger partial charge in [0.05, 0.1) is 11.0 Å². The largest absolute Gasteiger partial charge is 0.247 e. The van der Waals surface area contributed by atoms with Gasteiger partial charge < -0.3 is 0 Å². The van der Waals surface area contributed by atoms with Crippen molar-refractivity contribution in [3.63, 3.8) is 0 Å². The zero-order chi connectivity index (χ0) is 15.1. The predicted octanol–water partition coefficient (Wildman–Crippen LogP) is 6.33. The first-order valence-electron chi connectivity index (χ1n) is 7.16. The maximum Gasteiger partial charge on any atom is 0.0791 e. The average Bonchev–Trinajstić information content (AvgIpc) is 2.59. The first-order valence-corrected chi connectivity index (χ1v) is 9.41. The molecule has 108 valence electrons. The molecule has 1 heterocycles. The molecule has 1 aromatic heterocycles. The number of alkyl halides is 2. The van der Waals surface area contributed by atoms with Gasteiger partial charge in [0.15, 0.2) is 0 Å². The van der Waals surface area contributed by atoms with Gasteiger partial charge in [-0.05, 0) is 22.6 Å². The van der Waals surface area contributed by atoms with E-state index >= 15 is 0 Å². The highest BCUT2D eigenvalue weighted by Gasteiger charge is 2.11. The van der Waals surface area contributed by atoms with Crippen molar-refractivity contribution in [1.82, 2.24) is 4.98 Å². The fraction of sp³-hybridized carbons (Fsp3) is 0.105. The van der Waals surface area contributed by atoms with Crippen LogP contribution in [0.4, 0.5) is 0 Å². The van der Waals surface area contributed by atoms with Gasteiger partial charge in [0.25, 0.3) is 0 Å². The van der Waals surface area contributed by atoms with Crippen LogP contribution in [-0.4, -0.2) is 4.98 Å². The summed E-state index contributed by atoms with van der Waals surface area (Å²) in [4.78, 5) is 4.98. The van der Waals surface area contributed by atoms with Crippen LogP contribution in [-0.2, 0) is 10.7 Å². The van der Waals surface area contributed by atoms with Crippen molar-refractivity contribution in [2.45, 2.75) is 10.7 Å². The number of aromatic nitrogens is 1. The molecule has 0 saturated heterocycles. The molecule has 0 bridgehead atoms. The Morgan fingerprint density at radius 1 is 0.773 bits per heavy atom. The van der Waals surface area contributed by atoms with Crippen molar-refractivity contribution in [2.75, 3.05) is 0 Å². The quantitative estimate of drug-likeness (QED) is 0.212. The Labute approximate surface area is 145 Å². The Bertz CT molecular complexity index is 1010. The summed E-state index contributed by atoms with van der Waals surface area (Å²) in [6, 6.07) is 19.4. The summed E-state index contributed by atoms with van der Waals surface area (Å²) in [5.41, 5.74) is 4.72. The molecule has 4 rings (SSSR count). The topological polar surface area (TPSA) is 12.9 Å². The number of fused-ring (bicyclic) bond motifs is 4. The Balaban J connectivity index is 2.22. The number of hydrogen-bond donors (Lipinski definition) is 0. The molecule has 0 radical (unpaired) electrons. The number of benzene rings is 3. The first-order chi connectivity index (χ1) is 10.8. The fourth-order valence-electron chi connectivity index (χ4n) is 3.04. The smallest absolute Gasteiger partial charge is 0.0791 e. The van der Waals surface area contributed by atoms with Crippen LogP contribution in [0.15, 0.2) is 54.6 Å². The van der Waals surface area contributed by atoms with E-state index in [9.17, 15) is 0 Å². The van der Waals surface area contributed by atoms with Gasteiger partial charge in [0.1, 0.15) is 0 Å². The average molecular weight is 415 g/mol. The molecule has 0 aliphatic carbocycles. The van der Waals surface area contributed by atoms with Crippen LogP contribution in [0.3, 0.4) is 0 Å². The molecule has 0 unspecified atom stereocenters. The summed E-state index contributed by atoms with van der Waals surface area (Å²) >= 11 is 7.19. The van der Waals surface area contributed by atoms with E-state index < -0.39 is 0 Å². The molecule has 0 N–H and O–H groups in total. The molecule has 0 fully saturated rings. The van der Waals surface area contributed by atoms with Crippen molar-refractivity contribution in [2.24, 2.45) is 0 Å². The minimum Gasteiger partial charge on any atom is -0.247 e. The van der Waals surface area contributed by atoms with Gasteiger partial charge in [-0.2, -0.15) is 0 Å². The van der Waals surface area contributed by atoms with E-state index in [2.05, 4.69) is 86.5 Å². The number of nitrogens with zero attached hydrogens (tertiary/aromatic N) is 1. The minimum atomic E-state index is 0.828. The third-order valence-corrected chi connectivity index (χ3v) is 5.34. The van der Waals surface area contributed by atoms with Crippen LogP contribution < -0.4 is 0 Å². The molecule has 0 aliphatic heterocycles. The minimum absolute atomic E-state index is 0.828. The summed E-state index contributed by atoms with van der Waals surface area (Å²) < 4.78 is 0. The van der Waals surface area contributed by atoms with Crippen molar-refractivity contribution in [3.05, 3.63) is 65.7 Å². The molecule has 3 heteroatoms. The van der Waals surface area contributed by atoms with Gasteiger partial charge in [0.2, 0.25) is 0 Å². The van der Waals surface area contributed by atoms with Crippen LogP contribution in [0.1, 0.15) is 11.1 Å². The van der Waals surface area contributed by atoms with Crippen LogP contribution in [0, 0.1) is 0 Å². The van der Waals surface area contributed by atoms with Gasteiger partial charge in [-0.15, -0.1) is 0 Å². The van der Waals surface area contributed by atoms with Crippen LogP contribution >= 0.6 is 31.9 Å². The van der Waals surface area contributed by atoms with Crippen molar-refractivity contribution in [1.29, 1.82) is 0 Å². The van der Waals surface area contributed by atoms with E-state index in [1.807, 2.05) is 0 Å². The number of halogens is 2. The molecule has 22 heavy (non-hydrogen) atoms. The molecule has 1 nitrogen and oxygen atoms in total. The number of rotatable bonds is 2. The van der Waals surface area contributed by atoms with Crippen molar-refractivity contribution < 1.29 is 0 Å². The lowest BCUT2D eigenvalue weighted by molar-refractivity contribution is 1.40. The zero-order valence-electron chi connectivity index (χ0n) is 11.8. The maximum absolute atomic E-state index is 4.98. The van der Waals surface area contributed by atoms with Gasteiger partial charge in [-0.1, -0.05) is 80.4 Å². The van der Waals surface area contributed by atoms with Gasteiger partial charge in [-0.25, -0.2) is 4.98 Å². The molecule has 0 amide bonds. The van der Waals surface area contributed by atoms with E-state index in [4.69, 9.17) is 4.98 Å². The maximum atomic E-state index is 4.98. The summed E-state index contributed by atoms with van der Waals surface area (Å²) in [5, 5.41) is 6.59. The lowest BCUT2D eigenvalue weighted by atomic mass is 9.99. The van der Waals surface area contributed by atoms with E-state index in [1.54, 1.807) is 0 Å². The lowest BCUT2D eigenvalue weighted by Gasteiger charge is -2.11. The Morgan fingerprint density at radius 3 is 2.41 bits per heavy atom. The zero-order valence-corrected chi connectivity index (χ0v) is 15.0. The molecule has 4 aromatic rings. The van der Waals surface area contributed by atoms with Crippen LogP contribution in [0.25, 0.3) is 32.6 Å². The highest BCUT2D eigenvalue weighted by molar-refractivity contribution is 9.08. The van der Waals surface area contributed by atoms with E-state index in [-0.39, 0.29) is 0 Å². The Morgan fingerprint density at radius 2 is 1.59 bits per heavy atom. The molecule has 0 spiro atoms. The summed E-state index contributed by atoms with van der Waals surface area (Å²) in [7, 11) is 0.